The molecule has 0 aromatic heterocycles. The van der Waals surface area contributed by atoms with Crippen LogP contribution in [-0.2, 0) is 29.4 Å². The maximum absolute atomic E-state index is 13.8. The molecule has 200 valence electrons. The topological polar surface area (TPSA) is 162 Å². The van der Waals surface area contributed by atoms with Gasteiger partial charge in [0, 0.05) is 17.3 Å². The first-order valence-corrected chi connectivity index (χ1v) is 13.3. The maximum atomic E-state index is 13.8. The second-order valence-corrected chi connectivity index (χ2v) is 11.4. The third-order valence-electron chi connectivity index (χ3n) is 6.94. The smallest absolute Gasteiger partial charge is 0.194 e. The number of rotatable bonds is 7. The standard InChI is InChI=1S/C27H27NO9S/c1-13-23(31)21(15(3)29)25-22(24(13)32)27(4)19(37-25)12-18(30)20(26(27)33)14(2)28-10-11-38(34,35)17-8-6-16(36-5)7-9-17/h6-9,12H,10-11H2,1-5H3,(H3-,28,29,30,31,32,33,34,35). The number of carbonyl (C=O) groups excluding carboxylic acids is 3. The molecule has 0 spiro atoms. The van der Waals surface area contributed by atoms with Crippen molar-refractivity contribution in [1.82, 2.24) is 5.32 Å². The van der Waals surface area contributed by atoms with Crippen LogP contribution in [0.2, 0.25) is 0 Å². The van der Waals surface area contributed by atoms with Crippen molar-refractivity contribution in [1.29, 1.82) is 0 Å². The van der Waals surface area contributed by atoms with Crippen LogP contribution in [0.15, 0.2) is 52.3 Å². The van der Waals surface area contributed by atoms with E-state index < -0.39 is 44.5 Å². The highest BCUT2D eigenvalue weighted by Gasteiger charge is 2.56. The van der Waals surface area contributed by atoms with Gasteiger partial charge in [-0.1, -0.05) is 0 Å². The third-order valence-corrected chi connectivity index (χ3v) is 8.67. The van der Waals surface area contributed by atoms with Gasteiger partial charge in [-0.25, -0.2) is 0 Å². The van der Waals surface area contributed by atoms with Gasteiger partial charge in [-0.2, -0.15) is 0 Å². The van der Waals surface area contributed by atoms with E-state index in [1.54, 1.807) is 0 Å². The quantitative estimate of drug-likeness (QED) is 0.206. The van der Waals surface area contributed by atoms with E-state index in [1.165, 1.54) is 59.1 Å². The molecule has 0 amide bonds. The molecule has 1 aliphatic heterocycles. The van der Waals surface area contributed by atoms with Gasteiger partial charge in [-0.15, -0.1) is 4.21 Å². The maximum Gasteiger partial charge on any atom is 0.194 e. The summed E-state index contributed by atoms with van der Waals surface area (Å²) >= 11 is 0. The van der Waals surface area contributed by atoms with Gasteiger partial charge in [-0.3, -0.25) is 14.4 Å². The molecule has 0 fully saturated rings. The molecule has 4 rings (SSSR count). The Morgan fingerprint density at radius 3 is 2.37 bits per heavy atom. The number of methoxy groups -OCH3 is 1. The van der Waals surface area contributed by atoms with Crippen molar-refractivity contribution in [3.05, 3.63) is 64.1 Å². The van der Waals surface area contributed by atoms with E-state index in [9.17, 15) is 33.4 Å². The summed E-state index contributed by atoms with van der Waals surface area (Å²) in [5.41, 5.74) is -1.96. The Bertz CT molecular complexity index is 1500. The number of phenolic OH excluding ortho intramolecular Hbond substituents is 2. The summed E-state index contributed by atoms with van der Waals surface area (Å²) in [6.45, 7) is 5.46. The van der Waals surface area contributed by atoms with Crippen LogP contribution in [0.1, 0.15) is 42.3 Å². The first-order valence-electron chi connectivity index (χ1n) is 11.7. The van der Waals surface area contributed by atoms with E-state index in [0.29, 0.717) is 5.75 Å². The van der Waals surface area contributed by atoms with E-state index in [-0.39, 0.29) is 56.7 Å². The Kier molecular flexibility index (Phi) is 6.71. The van der Waals surface area contributed by atoms with Crippen LogP contribution in [0.3, 0.4) is 0 Å². The summed E-state index contributed by atoms with van der Waals surface area (Å²) in [6.07, 6.45) is 1.10. The number of nitrogens with one attached hydrogen (secondary N) is 1. The molecule has 2 aliphatic rings. The number of sulfone groups is 1. The molecule has 0 saturated carbocycles. The zero-order valence-electron chi connectivity index (χ0n) is 21.5. The van der Waals surface area contributed by atoms with Crippen LogP contribution >= 0.6 is 0 Å². The monoisotopic (exact) mass is 541 g/mol. The predicted molar refractivity (Wildman–Crippen MR) is 136 cm³/mol. The summed E-state index contributed by atoms with van der Waals surface area (Å²) in [5.74, 6) is -2.86. The lowest BCUT2D eigenvalue weighted by Gasteiger charge is -2.29. The van der Waals surface area contributed by atoms with Gasteiger partial charge in [0.15, 0.2) is 22.2 Å². The third kappa shape index (κ3) is 4.07. The molecule has 0 saturated heterocycles. The number of aromatic hydroxyl groups is 2. The molecule has 2 aromatic carbocycles. The average Bonchev–Trinajstić information content (AvgIpc) is 3.15. The highest BCUT2D eigenvalue weighted by molar-refractivity contribution is 7.97. The molecule has 2 unspecified atom stereocenters. The van der Waals surface area contributed by atoms with Gasteiger partial charge < -0.3 is 29.6 Å². The Hall–Kier alpha value is -3.96. The van der Waals surface area contributed by atoms with Crippen LogP contribution in [0.4, 0.5) is 0 Å². The van der Waals surface area contributed by atoms with Gasteiger partial charge >= 0.3 is 0 Å². The van der Waals surface area contributed by atoms with Crippen molar-refractivity contribution in [3.63, 3.8) is 0 Å². The molecule has 2 atom stereocenters. The summed E-state index contributed by atoms with van der Waals surface area (Å²) in [5, 5.41) is 24.2. The number of fused-ring (bicyclic) bond motifs is 3. The summed E-state index contributed by atoms with van der Waals surface area (Å²) in [7, 11) is -2.19. The molecule has 3 N–H and O–H groups in total. The fourth-order valence-electron chi connectivity index (χ4n) is 4.72. The molecule has 1 heterocycles. The Morgan fingerprint density at radius 1 is 1.16 bits per heavy atom. The normalized spacial score (nSPS) is 21.1. The van der Waals surface area contributed by atoms with Crippen molar-refractivity contribution in [2.75, 3.05) is 19.4 Å². The molecule has 10 nitrogen and oxygen atoms in total. The second kappa shape index (κ2) is 9.41. The average molecular weight is 542 g/mol. The molecule has 1 aliphatic carbocycles. The van der Waals surface area contributed by atoms with E-state index in [2.05, 4.69) is 5.32 Å². The van der Waals surface area contributed by atoms with E-state index in [1.807, 2.05) is 0 Å². The van der Waals surface area contributed by atoms with Crippen LogP contribution in [0.25, 0.3) is 0 Å². The number of hydrogen-bond donors (Lipinski definition) is 3. The number of ketones is 3. The van der Waals surface area contributed by atoms with Crippen LogP contribution < -0.4 is 14.8 Å². The van der Waals surface area contributed by atoms with Crippen molar-refractivity contribution in [2.45, 2.75) is 38.0 Å². The lowest BCUT2D eigenvalue weighted by Crippen LogP contribution is -2.41. The number of Topliss-reactive ketones (excluding diaryl/α,β-unsaturated/α-hetero) is 2. The molecule has 0 radical (unpaired) electrons. The molecule has 38 heavy (non-hydrogen) atoms. The van der Waals surface area contributed by atoms with Crippen molar-refractivity contribution in [3.8, 4) is 23.0 Å². The molecule has 11 heteroatoms. The number of phenols is 2. The number of allylic oxidation sites excluding steroid dienone is 4. The lowest BCUT2D eigenvalue weighted by molar-refractivity contribution is -0.123. The first kappa shape index (κ1) is 27.1. The Morgan fingerprint density at radius 2 is 1.79 bits per heavy atom. The molecule has 0 bridgehead atoms. The summed E-state index contributed by atoms with van der Waals surface area (Å²) < 4.78 is 36.2. The SMILES string of the molecule is COc1ccc([S+](=O)([O-])CCN/C(C)=C2\C(=O)C=C3Oc4c(C(C)=O)c(O)c(C)c(O)c4C3(C)C2=O)cc1. The van der Waals surface area contributed by atoms with Crippen molar-refractivity contribution < 1.29 is 42.8 Å². The van der Waals surface area contributed by atoms with E-state index in [0.717, 1.165) is 6.08 Å². The van der Waals surface area contributed by atoms with Gasteiger partial charge in [0.1, 0.15) is 45.5 Å². The van der Waals surface area contributed by atoms with Crippen molar-refractivity contribution >= 4 is 27.6 Å². The fraction of sp³-hybridized carbons (Fsp3) is 0.296. The zero-order valence-corrected chi connectivity index (χ0v) is 22.3. The van der Waals surface area contributed by atoms with Crippen LogP contribution in [-0.4, -0.2) is 51.5 Å². The highest BCUT2D eigenvalue weighted by atomic mass is 32.3. The van der Waals surface area contributed by atoms with Gasteiger partial charge in [0.2, 0.25) is 0 Å². The number of ether oxygens (including phenoxy) is 2. The van der Waals surface area contributed by atoms with Crippen LogP contribution in [0.5, 0.6) is 23.0 Å². The number of hydrogen-bond acceptors (Lipinski definition) is 10. The molecular formula is C27H27NO9S. The summed E-state index contributed by atoms with van der Waals surface area (Å²) in [6, 6.07) is 5.93. The minimum atomic E-state index is -3.66. The van der Waals surface area contributed by atoms with Crippen LogP contribution in [0, 0.1) is 6.92 Å². The first-order chi connectivity index (χ1) is 17.7. The van der Waals surface area contributed by atoms with Gasteiger partial charge in [0.25, 0.3) is 0 Å². The minimum Gasteiger partial charge on any atom is -0.610 e. The number of carbonyl (C=O) groups is 3. The fourth-order valence-corrected chi connectivity index (χ4v) is 5.88. The Labute approximate surface area is 220 Å². The molecular weight excluding hydrogens is 514 g/mol. The van der Waals surface area contributed by atoms with Crippen molar-refractivity contribution in [2.24, 2.45) is 0 Å². The van der Waals surface area contributed by atoms with E-state index >= 15 is 0 Å². The highest BCUT2D eigenvalue weighted by Crippen LogP contribution is 2.57. The summed E-state index contributed by atoms with van der Waals surface area (Å²) in [4.78, 5) is 39.2. The van der Waals surface area contributed by atoms with E-state index in [4.69, 9.17) is 9.47 Å². The molecule has 2 aromatic rings. The minimum absolute atomic E-state index is 0.00570. The zero-order chi connectivity index (χ0) is 28.2. The van der Waals surface area contributed by atoms with Gasteiger partial charge in [0.05, 0.1) is 35.0 Å². The van der Waals surface area contributed by atoms with Gasteiger partial charge in [-0.05, 0) is 52.0 Å². The Balaban J connectivity index is 1.66. The lowest BCUT2D eigenvalue weighted by atomic mass is 9.70. The second-order valence-electron chi connectivity index (χ2n) is 9.31. The number of benzene rings is 2. The largest absolute Gasteiger partial charge is 0.610 e. The predicted octanol–water partition coefficient (Wildman–Crippen LogP) is 2.86.